The van der Waals surface area contributed by atoms with Crippen molar-refractivity contribution < 1.29 is 9.53 Å². The standard InChI is InChI=1S/C12H13ClO2/c1-2-3-7-15-9-12(14)10-5-4-6-11(13)8-10/h2-6,8H,7,9H2,1H3. The average Bonchev–Trinajstić information content (AvgIpc) is 2.24. The Balaban J connectivity index is 2.47. The van der Waals surface area contributed by atoms with Crippen LogP contribution in [-0.4, -0.2) is 19.0 Å². The summed E-state index contributed by atoms with van der Waals surface area (Å²) in [5.41, 5.74) is 0.586. The first-order valence-electron chi connectivity index (χ1n) is 4.71. The number of hydrogen-bond donors (Lipinski definition) is 0. The summed E-state index contributed by atoms with van der Waals surface area (Å²) in [6.07, 6.45) is 3.73. The molecule has 0 aromatic heterocycles. The molecule has 3 heteroatoms. The van der Waals surface area contributed by atoms with Gasteiger partial charge in [0.2, 0.25) is 0 Å². The van der Waals surface area contributed by atoms with E-state index in [0.29, 0.717) is 17.2 Å². The van der Waals surface area contributed by atoms with Crippen LogP contribution in [0.25, 0.3) is 0 Å². The molecule has 0 unspecified atom stereocenters. The number of rotatable bonds is 5. The van der Waals surface area contributed by atoms with Gasteiger partial charge in [0.1, 0.15) is 6.61 Å². The third-order valence-corrected chi connectivity index (χ3v) is 2.06. The van der Waals surface area contributed by atoms with Crippen LogP contribution in [0.5, 0.6) is 0 Å². The van der Waals surface area contributed by atoms with Crippen molar-refractivity contribution in [3.63, 3.8) is 0 Å². The normalized spacial score (nSPS) is 10.8. The van der Waals surface area contributed by atoms with Gasteiger partial charge in [0.25, 0.3) is 0 Å². The van der Waals surface area contributed by atoms with Gasteiger partial charge in [-0.1, -0.05) is 35.9 Å². The second-order valence-electron chi connectivity index (χ2n) is 3.02. The summed E-state index contributed by atoms with van der Waals surface area (Å²) in [6.45, 7) is 2.45. The van der Waals surface area contributed by atoms with E-state index in [1.165, 1.54) is 0 Å². The zero-order chi connectivity index (χ0) is 11.1. The molecule has 0 radical (unpaired) electrons. The molecule has 0 fully saturated rings. The summed E-state index contributed by atoms with van der Waals surface area (Å²) in [5, 5.41) is 0.564. The zero-order valence-corrected chi connectivity index (χ0v) is 9.33. The molecule has 1 aromatic rings. The zero-order valence-electron chi connectivity index (χ0n) is 8.57. The first kappa shape index (κ1) is 12.0. The van der Waals surface area contributed by atoms with E-state index in [4.69, 9.17) is 16.3 Å². The van der Waals surface area contributed by atoms with Gasteiger partial charge in [0, 0.05) is 10.6 Å². The van der Waals surface area contributed by atoms with E-state index < -0.39 is 0 Å². The number of Topliss-reactive ketones (excluding diaryl/α,β-unsaturated/α-hetero) is 1. The fourth-order valence-corrected chi connectivity index (χ4v) is 1.25. The smallest absolute Gasteiger partial charge is 0.188 e. The SMILES string of the molecule is CC=CCOCC(=O)c1cccc(Cl)c1. The summed E-state index contributed by atoms with van der Waals surface area (Å²) in [6, 6.07) is 6.86. The highest BCUT2D eigenvalue weighted by atomic mass is 35.5. The topological polar surface area (TPSA) is 26.3 Å². The fourth-order valence-electron chi connectivity index (χ4n) is 1.06. The van der Waals surface area contributed by atoms with Gasteiger partial charge in [-0.3, -0.25) is 4.79 Å². The Hall–Kier alpha value is -1.12. The first-order chi connectivity index (χ1) is 7.24. The Morgan fingerprint density at radius 2 is 2.33 bits per heavy atom. The van der Waals surface area contributed by atoms with E-state index in [9.17, 15) is 4.79 Å². The van der Waals surface area contributed by atoms with Crippen molar-refractivity contribution in [3.8, 4) is 0 Å². The van der Waals surface area contributed by atoms with E-state index in [0.717, 1.165) is 0 Å². The van der Waals surface area contributed by atoms with Crippen molar-refractivity contribution in [2.45, 2.75) is 6.92 Å². The lowest BCUT2D eigenvalue weighted by atomic mass is 10.1. The van der Waals surface area contributed by atoms with Gasteiger partial charge in [-0.2, -0.15) is 0 Å². The highest BCUT2D eigenvalue weighted by molar-refractivity contribution is 6.31. The maximum atomic E-state index is 11.6. The highest BCUT2D eigenvalue weighted by Crippen LogP contribution is 2.11. The number of ketones is 1. The predicted molar refractivity (Wildman–Crippen MR) is 61.4 cm³/mol. The number of allylic oxidation sites excluding steroid dienone is 1. The molecule has 1 aromatic carbocycles. The quantitative estimate of drug-likeness (QED) is 0.436. The van der Waals surface area contributed by atoms with Crippen LogP contribution in [0.3, 0.4) is 0 Å². The van der Waals surface area contributed by atoms with Crippen LogP contribution in [0.2, 0.25) is 5.02 Å². The van der Waals surface area contributed by atoms with Crippen molar-refractivity contribution in [3.05, 3.63) is 47.0 Å². The van der Waals surface area contributed by atoms with Gasteiger partial charge >= 0.3 is 0 Å². The van der Waals surface area contributed by atoms with Crippen LogP contribution >= 0.6 is 11.6 Å². The first-order valence-corrected chi connectivity index (χ1v) is 5.09. The maximum absolute atomic E-state index is 11.6. The minimum Gasteiger partial charge on any atom is -0.369 e. The summed E-state index contributed by atoms with van der Waals surface area (Å²) < 4.78 is 5.15. The maximum Gasteiger partial charge on any atom is 0.188 e. The van der Waals surface area contributed by atoms with Gasteiger partial charge < -0.3 is 4.74 Å². The van der Waals surface area contributed by atoms with E-state index >= 15 is 0 Å². The van der Waals surface area contributed by atoms with Crippen LogP contribution in [0.1, 0.15) is 17.3 Å². The molecule has 0 aliphatic heterocycles. The largest absolute Gasteiger partial charge is 0.369 e. The second-order valence-corrected chi connectivity index (χ2v) is 3.45. The minimum atomic E-state index is -0.0537. The molecular weight excluding hydrogens is 212 g/mol. The summed E-state index contributed by atoms with van der Waals surface area (Å²) in [4.78, 5) is 11.6. The van der Waals surface area contributed by atoms with Gasteiger partial charge in [-0.05, 0) is 19.1 Å². The van der Waals surface area contributed by atoms with Crippen LogP contribution < -0.4 is 0 Å². The lowest BCUT2D eigenvalue weighted by Gasteiger charge is -2.01. The summed E-state index contributed by atoms with van der Waals surface area (Å²) in [5.74, 6) is -0.0537. The third-order valence-electron chi connectivity index (χ3n) is 1.83. The number of halogens is 1. The molecule has 0 amide bonds. The Kier molecular flexibility index (Phi) is 5.08. The Labute approximate surface area is 94.5 Å². The fraction of sp³-hybridized carbons (Fsp3) is 0.250. The van der Waals surface area contributed by atoms with Crippen molar-refractivity contribution in [1.29, 1.82) is 0 Å². The summed E-state index contributed by atoms with van der Waals surface area (Å²) >= 11 is 5.77. The van der Waals surface area contributed by atoms with Crippen molar-refractivity contribution in [2.75, 3.05) is 13.2 Å². The van der Waals surface area contributed by atoms with E-state index in [2.05, 4.69) is 0 Å². The van der Waals surface area contributed by atoms with Crippen LogP contribution in [-0.2, 0) is 4.74 Å². The van der Waals surface area contributed by atoms with Crippen LogP contribution in [0.4, 0.5) is 0 Å². The third kappa shape index (κ3) is 4.28. The van der Waals surface area contributed by atoms with Gasteiger partial charge in [0.05, 0.1) is 6.61 Å². The number of carbonyl (C=O) groups is 1. The Bertz CT molecular complexity index is 358. The highest BCUT2D eigenvalue weighted by Gasteiger charge is 2.05. The predicted octanol–water partition coefficient (Wildman–Crippen LogP) is 3.12. The van der Waals surface area contributed by atoms with Crippen molar-refractivity contribution in [2.24, 2.45) is 0 Å². The summed E-state index contributed by atoms with van der Waals surface area (Å²) in [7, 11) is 0. The van der Waals surface area contributed by atoms with Gasteiger partial charge in [-0.25, -0.2) is 0 Å². The van der Waals surface area contributed by atoms with Crippen molar-refractivity contribution >= 4 is 17.4 Å². The average molecular weight is 225 g/mol. The molecule has 0 aliphatic carbocycles. The molecule has 80 valence electrons. The molecule has 2 nitrogen and oxygen atoms in total. The Morgan fingerprint density at radius 1 is 1.53 bits per heavy atom. The molecule has 1 rings (SSSR count). The van der Waals surface area contributed by atoms with Crippen LogP contribution in [0.15, 0.2) is 36.4 Å². The molecule has 0 aliphatic rings. The molecule has 0 heterocycles. The van der Waals surface area contributed by atoms with E-state index in [-0.39, 0.29) is 12.4 Å². The van der Waals surface area contributed by atoms with Crippen molar-refractivity contribution in [1.82, 2.24) is 0 Å². The lowest BCUT2D eigenvalue weighted by molar-refractivity contribution is 0.0806. The van der Waals surface area contributed by atoms with E-state index in [1.54, 1.807) is 24.3 Å². The van der Waals surface area contributed by atoms with E-state index in [1.807, 2.05) is 19.1 Å². The molecular formula is C12H13ClO2. The second kappa shape index (κ2) is 6.38. The monoisotopic (exact) mass is 224 g/mol. The molecule has 0 atom stereocenters. The molecule has 0 saturated carbocycles. The van der Waals surface area contributed by atoms with Crippen LogP contribution in [0, 0.1) is 0 Å². The number of hydrogen-bond acceptors (Lipinski definition) is 2. The molecule has 0 N–H and O–H groups in total. The van der Waals surface area contributed by atoms with Gasteiger partial charge in [-0.15, -0.1) is 0 Å². The number of ether oxygens (including phenoxy) is 1. The molecule has 0 saturated heterocycles. The molecule has 0 spiro atoms. The Morgan fingerprint density at radius 3 is 3.00 bits per heavy atom. The molecule has 0 bridgehead atoms. The van der Waals surface area contributed by atoms with Gasteiger partial charge in [0.15, 0.2) is 5.78 Å². The lowest BCUT2D eigenvalue weighted by Crippen LogP contribution is -2.08. The minimum absolute atomic E-state index is 0.0537. The number of benzene rings is 1. The molecule has 15 heavy (non-hydrogen) atoms. The number of carbonyl (C=O) groups excluding carboxylic acids is 1.